The Balaban J connectivity index is 1.37. The second-order valence-corrected chi connectivity index (χ2v) is 5.77. The molecule has 8 nitrogen and oxygen atoms in total. The molecule has 1 N–H and O–H groups in total. The zero-order valence-corrected chi connectivity index (χ0v) is 13.6. The van der Waals surface area contributed by atoms with Gasteiger partial charge in [0.1, 0.15) is 12.0 Å². The first-order valence-corrected chi connectivity index (χ1v) is 7.93. The van der Waals surface area contributed by atoms with E-state index in [1.54, 1.807) is 7.11 Å². The van der Waals surface area contributed by atoms with Crippen molar-refractivity contribution in [3.05, 3.63) is 47.9 Å². The van der Waals surface area contributed by atoms with Crippen molar-refractivity contribution < 1.29 is 18.5 Å². The third-order valence-electron chi connectivity index (χ3n) is 3.89. The number of carbonyl (C=O) groups is 1. The lowest BCUT2D eigenvalue weighted by atomic mass is 10.2. The van der Waals surface area contributed by atoms with Crippen LogP contribution in [0, 0.1) is 0 Å². The Bertz CT molecular complexity index is 880. The quantitative estimate of drug-likeness (QED) is 0.735. The Morgan fingerprint density at radius 2 is 2.08 bits per heavy atom. The van der Waals surface area contributed by atoms with Crippen LogP contribution < -0.4 is 10.1 Å². The molecule has 1 amide bonds. The number of benzene rings is 1. The number of nitrogens with zero attached hydrogens (tertiary/aromatic N) is 3. The molecule has 25 heavy (non-hydrogen) atoms. The summed E-state index contributed by atoms with van der Waals surface area (Å²) in [6, 6.07) is 7.26. The lowest BCUT2D eigenvalue weighted by Crippen LogP contribution is -2.23. The van der Waals surface area contributed by atoms with Gasteiger partial charge in [-0.3, -0.25) is 4.79 Å². The summed E-state index contributed by atoms with van der Waals surface area (Å²) in [5, 5.41) is 6.57. The smallest absolute Gasteiger partial charge is 0.273 e. The van der Waals surface area contributed by atoms with Crippen LogP contribution in [0.5, 0.6) is 5.75 Å². The van der Waals surface area contributed by atoms with Crippen molar-refractivity contribution in [1.29, 1.82) is 0 Å². The Morgan fingerprint density at radius 3 is 2.80 bits per heavy atom. The zero-order valence-electron chi connectivity index (χ0n) is 13.6. The van der Waals surface area contributed by atoms with Crippen LogP contribution in [0.1, 0.15) is 41.0 Å². The van der Waals surface area contributed by atoms with Crippen LogP contribution >= 0.6 is 0 Å². The van der Waals surface area contributed by atoms with E-state index in [9.17, 15) is 4.79 Å². The maximum absolute atomic E-state index is 12.1. The van der Waals surface area contributed by atoms with E-state index < -0.39 is 0 Å². The van der Waals surface area contributed by atoms with Crippen molar-refractivity contribution >= 4 is 5.91 Å². The van der Waals surface area contributed by atoms with Crippen molar-refractivity contribution in [3.63, 3.8) is 0 Å². The molecule has 3 aromatic rings. The predicted molar refractivity (Wildman–Crippen MR) is 85.9 cm³/mol. The highest BCUT2D eigenvalue weighted by Gasteiger charge is 2.29. The van der Waals surface area contributed by atoms with Crippen LogP contribution in [0.3, 0.4) is 0 Å². The summed E-state index contributed by atoms with van der Waals surface area (Å²) in [6.45, 7) is 0.143. The number of aromatic nitrogens is 3. The van der Waals surface area contributed by atoms with Gasteiger partial charge in [0, 0.05) is 11.5 Å². The van der Waals surface area contributed by atoms with E-state index in [2.05, 4.69) is 20.4 Å². The largest absolute Gasteiger partial charge is 0.497 e. The molecule has 0 atom stereocenters. The van der Waals surface area contributed by atoms with Crippen molar-refractivity contribution in [1.82, 2.24) is 20.4 Å². The summed E-state index contributed by atoms with van der Waals surface area (Å²) in [5.74, 6) is 2.17. The van der Waals surface area contributed by atoms with E-state index in [4.69, 9.17) is 13.7 Å². The Hall–Kier alpha value is -3.16. The molecule has 1 saturated carbocycles. The van der Waals surface area contributed by atoms with Gasteiger partial charge in [-0.25, -0.2) is 4.98 Å². The molecule has 0 saturated heterocycles. The topological polar surface area (TPSA) is 103 Å². The number of hydrogen-bond acceptors (Lipinski definition) is 7. The van der Waals surface area contributed by atoms with E-state index in [-0.39, 0.29) is 18.1 Å². The molecule has 0 aliphatic heterocycles. The van der Waals surface area contributed by atoms with Crippen LogP contribution in [-0.2, 0) is 6.54 Å². The molecule has 4 rings (SSSR count). The number of amides is 1. The van der Waals surface area contributed by atoms with Gasteiger partial charge in [-0.1, -0.05) is 5.16 Å². The molecule has 0 bridgehead atoms. The first-order valence-electron chi connectivity index (χ1n) is 7.93. The minimum atomic E-state index is -0.327. The normalized spacial score (nSPS) is 13.6. The first-order chi connectivity index (χ1) is 12.2. The van der Waals surface area contributed by atoms with E-state index in [0.717, 1.165) is 24.2 Å². The van der Waals surface area contributed by atoms with E-state index in [1.807, 2.05) is 24.3 Å². The van der Waals surface area contributed by atoms with Gasteiger partial charge in [0.15, 0.2) is 17.4 Å². The average Bonchev–Trinajstić information content (AvgIpc) is 3.19. The fraction of sp³-hybridized carbons (Fsp3) is 0.294. The summed E-state index contributed by atoms with van der Waals surface area (Å²) < 4.78 is 15.6. The Morgan fingerprint density at radius 1 is 1.28 bits per heavy atom. The van der Waals surface area contributed by atoms with Crippen molar-refractivity contribution in [2.45, 2.75) is 25.3 Å². The van der Waals surface area contributed by atoms with Gasteiger partial charge in [0.05, 0.1) is 13.7 Å². The molecule has 2 heterocycles. The number of methoxy groups -OCH3 is 1. The summed E-state index contributed by atoms with van der Waals surface area (Å²) in [4.78, 5) is 20.6. The summed E-state index contributed by atoms with van der Waals surface area (Å²) in [5.41, 5.74) is 1.04. The van der Waals surface area contributed by atoms with Gasteiger partial charge in [0.25, 0.3) is 11.8 Å². The minimum absolute atomic E-state index is 0.143. The number of nitrogens with one attached hydrogen (secondary N) is 1. The minimum Gasteiger partial charge on any atom is -0.497 e. The predicted octanol–water partition coefficient (Wildman–Crippen LogP) is 2.54. The van der Waals surface area contributed by atoms with Crippen molar-refractivity contribution in [2.24, 2.45) is 0 Å². The van der Waals surface area contributed by atoms with E-state index in [0.29, 0.717) is 23.5 Å². The van der Waals surface area contributed by atoms with Gasteiger partial charge < -0.3 is 19.0 Å². The lowest BCUT2D eigenvalue weighted by Gasteiger charge is -1.99. The molecule has 0 spiro atoms. The maximum Gasteiger partial charge on any atom is 0.273 e. The van der Waals surface area contributed by atoms with Gasteiger partial charge in [-0.15, -0.1) is 0 Å². The van der Waals surface area contributed by atoms with E-state index >= 15 is 0 Å². The molecule has 2 aromatic heterocycles. The van der Waals surface area contributed by atoms with Gasteiger partial charge in [0.2, 0.25) is 0 Å². The lowest BCUT2D eigenvalue weighted by molar-refractivity contribution is 0.0944. The third kappa shape index (κ3) is 3.37. The highest BCUT2D eigenvalue weighted by atomic mass is 16.5. The second kappa shape index (κ2) is 6.39. The molecular formula is C17H16N4O4. The first kappa shape index (κ1) is 15.4. The summed E-state index contributed by atoms with van der Waals surface area (Å²) in [7, 11) is 1.60. The second-order valence-electron chi connectivity index (χ2n) is 5.77. The average molecular weight is 340 g/mol. The third-order valence-corrected chi connectivity index (χ3v) is 3.89. The highest BCUT2D eigenvalue weighted by Crippen LogP contribution is 2.39. The number of hydrogen-bond donors (Lipinski definition) is 1. The monoisotopic (exact) mass is 340 g/mol. The standard InChI is InChI=1S/C17H16N4O4/c1-23-12-6-4-11(5-7-12)17-20-14(21-25-17)8-18-15(22)13-9-24-16(19-13)10-2-3-10/h4-7,9-10H,2-3,8H2,1H3,(H,18,22). The van der Waals surface area contributed by atoms with Crippen LogP contribution in [0.4, 0.5) is 0 Å². The number of carbonyl (C=O) groups excluding carboxylic acids is 1. The number of oxazole rings is 1. The van der Waals surface area contributed by atoms with Gasteiger partial charge >= 0.3 is 0 Å². The molecule has 1 fully saturated rings. The Labute approximate surface area is 143 Å². The summed E-state index contributed by atoms with van der Waals surface area (Å²) >= 11 is 0. The highest BCUT2D eigenvalue weighted by molar-refractivity contribution is 5.91. The zero-order chi connectivity index (χ0) is 17.2. The SMILES string of the molecule is COc1ccc(-c2nc(CNC(=O)c3coc(C4CC4)n3)no2)cc1. The molecule has 128 valence electrons. The maximum atomic E-state index is 12.1. The fourth-order valence-electron chi connectivity index (χ4n) is 2.34. The molecular weight excluding hydrogens is 324 g/mol. The van der Waals surface area contributed by atoms with Crippen LogP contribution in [0.15, 0.2) is 39.5 Å². The molecule has 1 aliphatic rings. The number of ether oxygens (including phenoxy) is 1. The van der Waals surface area contributed by atoms with Crippen LogP contribution in [0.2, 0.25) is 0 Å². The van der Waals surface area contributed by atoms with Gasteiger partial charge in [-0.2, -0.15) is 4.98 Å². The van der Waals surface area contributed by atoms with Crippen molar-refractivity contribution in [3.8, 4) is 17.2 Å². The molecule has 0 unspecified atom stereocenters. The molecule has 8 heteroatoms. The van der Waals surface area contributed by atoms with Crippen LogP contribution in [0.25, 0.3) is 11.5 Å². The van der Waals surface area contributed by atoms with E-state index in [1.165, 1.54) is 6.26 Å². The molecule has 0 radical (unpaired) electrons. The van der Waals surface area contributed by atoms with Gasteiger partial charge in [-0.05, 0) is 37.1 Å². The molecule has 1 aliphatic carbocycles. The van der Waals surface area contributed by atoms with Crippen LogP contribution in [-0.4, -0.2) is 28.1 Å². The summed E-state index contributed by atoms with van der Waals surface area (Å²) in [6.07, 6.45) is 3.51. The molecule has 1 aromatic carbocycles. The fourth-order valence-corrected chi connectivity index (χ4v) is 2.34. The van der Waals surface area contributed by atoms with Crippen molar-refractivity contribution in [2.75, 3.05) is 7.11 Å². The number of rotatable bonds is 6. The Kier molecular flexibility index (Phi) is 3.93.